The smallest absolute Gasteiger partial charge is 0.407 e. The monoisotopic (exact) mass is 285 g/mol. The van der Waals surface area contributed by atoms with E-state index < -0.39 is 5.60 Å². The number of nitrogens with one attached hydrogen (secondary N) is 2. The maximum absolute atomic E-state index is 11.4. The molecule has 0 aliphatic rings. The Morgan fingerprint density at radius 2 is 2.00 bits per heavy atom. The van der Waals surface area contributed by atoms with Crippen molar-refractivity contribution in [2.75, 3.05) is 13.1 Å². The second-order valence-corrected chi connectivity index (χ2v) is 6.63. The lowest BCUT2D eigenvalue weighted by molar-refractivity contribution is 0.0528. The quantitative estimate of drug-likeness (QED) is 0.815. The van der Waals surface area contributed by atoms with E-state index in [2.05, 4.69) is 15.6 Å². The third-order valence-electron chi connectivity index (χ3n) is 2.26. The number of amides is 1. The first-order chi connectivity index (χ1) is 8.78. The minimum atomic E-state index is -0.450. The van der Waals surface area contributed by atoms with Crippen molar-refractivity contribution in [3.8, 4) is 0 Å². The van der Waals surface area contributed by atoms with E-state index in [4.69, 9.17) is 4.74 Å². The summed E-state index contributed by atoms with van der Waals surface area (Å²) in [6.45, 7) is 11.6. The summed E-state index contributed by atoms with van der Waals surface area (Å²) in [6, 6.07) is 0. The number of aromatic nitrogens is 1. The van der Waals surface area contributed by atoms with Crippen molar-refractivity contribution in [1.82, 2.24) is 15.6 Å². The number of carbonyl (C=O) groups is 1. The zero-order valence-corrected chi connectivity index (χ0v) is 13.1. The van der Waals surface area contributed by atoms with Crippen molar-refractivity contribution < 1.29 is 9.53 Å². The van der Waals surface area contributed by atoms with Crippen LogP contribution in [0.25, 0.3) is 0 Å². The summed E-state index contributed by atoms with van der Waals surface area (Å²) in [5.74, 6) is 0. The van der Waals surface area contributed by atoms with Crippen LogP contribution in [0.3, 0.4) is 0 Å². The van der Waals surface area contributed by atoms with Crippen LogP contribution in [0.1, 0.15) is 36.3 Å². The zero-order valence-electron chi connectivity index (χ0n) is 12.3. The first kappa shape index (κ1) is 15.9. The minimum absolute atomic E-state index is 0.376. The molecule has 0 aromatic carbocycles. The summed E-state index contributed by atoms with van der Waals surface area (Å²) in [5.41, 5.74) is 0.629. The van der Waals surface area contributed by atoms with Gasteiger partial charge in [0.05, 0.1) is 10.7 Å². The van der Waals surface area contributed by atoms with Crippen molar-refractivity contribution >= 4 is 17.4 Å². The number of ether oxygens (including phenoxy) is 1. The largest absolute Gasteiger partial charge is 0.444 e. The Balaban J connectivity index is 2.15. The van der Waals surface area contributed by atoms with E-state index in [0.29, 0.717) is 13.1 Å². The number of hydrogen-bond donors (Lipinski definition) is 2. The first-order valence-corrected chi connectivity index (χ1v) is 7.20. The molecule has 0 bridgehead atoms. The molecule has 0 radical (unpaired) electrons. The van der Waals surface area contributed by atoms with E-state index in [1.807, 2.05) is 34.6 Å². The Morgan fingerprint density at radius 3 is 2.53 bits per heavy atom. The highest BCUT2D eigenvalue weighted by Gasteiger charge is 2.15. The van der Waals surface area contributed by atoms with Gasteiger partial charge in [-0.05, 0) is 34.6 Å². The number of aryl methyl sites for hydroxylation is 2. The fourth-order valence-corrected chi connectivity index (χ4v) is 2.41. The molecule has 1 amide bonds. The van der Waals surface area contributed by atoms with E-state index in [9.17, 15) is 4.79 Å². The van der Waals surface area contributed by atoms with Crippen LogP contribution in [0.5, 0.6) is 0 Å². The van der Waals surface area contributed by atoms with Gasteiger partial charge in [-0.15, -0.1) is 11.3 Å². The van der Waals surface area contributed by atoms with E-state index >= 15 is 0 Å². The first-order valence-electron chi connectivity index (χ1n) is 6.38. The molecular weight excluding hydrogens is 262 g/mol. The lowest BCUT2D eigenvalue weighted by Crippen LogP contribution is -2.36. The second kappa shape index (κ2) is 6.86. The van der Waals surface area contributed by atoms with Crippen LogP contribution in [-0.4, -0.2) is 29.8 Å². The summed E-state index contributed by atoms with van der Waals surface area (Å²) in [7, 11) is 0. The predicted octanol–water partition coefficient (Wildman–Crippen LogP) is 2.37. The Morgan fingerprint density at radius 1 is 1.32 bits per heavy atom. The molecule has 0 fully saturated rings. The molecule has 6 heteroatoms. The number of rotatable bonds is 5. The second-order valence-electron chi connectivity index (χ2n) is 5.35. The third-order valence-corrected chi connectivity index (χ3v) is 3.33. The molecule has 0 aliphatic carbocycles. The van der Waals surface area contributed by atoms with Crippen molar-refractivity contribution in [1.29, 1.82) is 0 Å². The molecular formula is C13H23N3O2S. The average Bonchev–Trinajstić information content (AvgIpc) is 2.54. The lowest BCUT2D eigenvalue weighted by atomic mass is 10.2. The van der Waals surface area contributed by atoms with Gasteiger partial charge in [-0.3, -0.25) is 0 Å². The standard InChI is InChI=1S/C13H23N3O2S/c1-9-11(19-10(2)16-9)8-14-6-7-15-12(17)18-13(3,4)5/h14H,6-8H2,1-5H3,(H,15,17). The van der Waals surface area contributed by atoms with E-state index in [1.54, 1.807) is 11.3 Å². The van der Waals surface area contributed by atoms with E-state index in [0.717, 1.165) is 17.2 Å². The van der Waals surface area contributed by atoms with Crippen molar-refractivity contribution in [3.63, 3.8) is 0 Å². The number of thiazole rings is 1. The Bertz CT molecular complexity index is 424. The van der Waals surface area contributed by atoms with Gasteiger partial charge in [0, 0.05) is 24.5 Å². The van der Waals surface area contributed by atoms with Gasteiger partial charge in [-0.25, -0.2) is 9.78 Å². The molecule has 0 aliphatic heterocycles. The van der Waals surface area contributed by atoms with Crippen LogP contribution in [0.2, 0.25) is 0 Å². The minimum Gasteiger partial charge on any atom is -0.444 e. The molecule has 5 nitrogen and oxygen atoms in total. The molecule has 1 aromatic heterocycles. The summed E-state index contributed by atoms with van der Waals surface area (Å²) < 4.78 is 5.14. The van der Waals surface area contributed by atoms with E-state index in [1.165, 1.54) is 4.88 Å². The predicted molar refractivity (Wildman–Crippen MR) is 77.5 cm³/mol. The number of carbonyl (C=O) groups excluding carboxylic acids is 1. The van der Waals surface area contributed by atoms with Crippen LogP contribution in [0.15, 0.2) is 0 Å². The van der Waals surface area contributed by atoms with Gasteiger partial charge in [0.25, 0.3) is 0 Å². The maximum Gasteiger partial charge on any atom is 0.407 e. The molecule has 2 N–H and O–H groups in total. The fourth-order valence-electron chi connectivity index (χ4n) is 1.51. The SMILES string of the molecule is Cc1nc(C)c(CNCCNC(=O)OC(C)(C)C)s1. The summed E-state index contributed by atoms with van der Waals surface area (Å²) in [5, 5.41) is 7.07. The Labute approximate surface area is 118 Å². The molecule has 1 aromatic rings. The average molecular weight is 285 g/mol. The van der Waals surface area contributed by atoms with Gasteiger partial charge >= 0.3 is 6.09 Å². The molecule has 1 heterocycles. The maximum atomic E-state index is 11.4. The van der Waals surface area contributed by atoms with Gasteiger partial charge in [0.15, 0.2) is 0 Å². The van der Waals surface area contributed by atoms with Crippen molar-refractivity contribution in [2.45, 2.75) is 46.8 Å². The van der Waals surface area contributed by atoms with Gasteiger partial charge in [0.2, 0.25) is 0 Å². The molecule has 0 unspecified atom stereocenters. The van der Waals surface area contributed by atoms with E-state index in [-0.39, 0.29) is 6.09 Å². The number of nitrogens with zero attached hydrogens (tertiary/aromatic N) is 1. The van der Waals surface area contributed by atoms with Crippen LogP contribution < -0.4 is 10.6 Å². The van der Waals surface area contributed by atoms with Crippen molar-refractivity contribution in [3.05, 3.63) is 15.6 Å². The molecule has 1 rings (SSSR count). The Hall–Kier alpha value is -1.14. The van der Waals surface area contributed by atoms with Crippen LogP contribution in [-0.2, 0) is 11.3 Å². The zero-order chi connectivity index (χ0) is 14.5. The molecule has 0 saturated carbocycles. The number of alkyl carbamates (subject to hydrolysis) is 1. The molecule has 19 heavy (non-hydrogen) atoms. The molecule has 0 spiro atoms. The normalized spacial score (nSPS) is 11.4. The van der Waals surface area contributed by atoms with Crippen LogP contribution in [0.4, 0.5) is 4.79 Å². The fraction of sp³-hybridized carbons (Fsp3) is 0.692. The van der Waals surface area contributed by atoms with Gasteiger partial charge in [-0.1, -0.05) is 0 Å². The van der Waals surface area contributed by atoms with Gasteiger partial charge < -0.3 is 15.4 Å². The Kier molecular flexibility index (Phi) is 5.75. The summed E-state index contributed by atoms with van der Waals surface area (Å²) >= 11 is 1.70. The van der Waals surface area contributed by atoms with Crippen LogP contribution >= 0.6 is 11.3 Å². The molecule has 0 saturated heterocycles. The highest BCUT2D eigenvalue weighted by atomic mass is 32.1. The highest BCUT2D eigenvalue weighted by molar-refractivity contribution is 7.11. The van der Waals surface area contributed by atoms with Crippen molar-refractivity contribution in [2.24, 2.45) is 0 Å². The highest BCUT2D eigenvalue weighted by Crippen LogP contribution is 2.16. The van der Waals surface area contributed by atoms with Gasteiger partial charge in [-0.2, -0.15) is 0 Å². The topological polar surface area (TPSA) is 63.2 Å². The number of hydrogen-bond acceptors (Lipinski definition) is 5. The summed E-state index contributed by atoms with van der Waals surface area (Å²) in [6.07, 6.45) is -0.376. The molecule has 0 atom stereocenters. The third kappa shape index (κ3) is 6.54. The summed E-state index contributed by atoms with van der Waals surface area (Å²) in [4.78, 5) is 17.0. The molecule has 108 valence electrons. The van der Waals surface area contributed by atoms with Crippen LogP contribution in [0, 0.1) is 13.8 Å². The lowest BCUT2D eigenvalue weighted by Gasteiger charge is -2.19. The van der Waals surface area contributed by atoms with Gasteiger partial charge in [0.1, 0.15) is 5.60 Å².